The molecular formula is C20H24N2O4S. The second kappa shape index (κ2) is 8.10. The summed E-state index contributed by atoms with van der Waals surface area (Å²) in [6.45, 7) is 0.816. The molecule has 7 heteroatoms. The van der Waals surface area contributed by atoms with Crippen LogP contribution in [0.3, 0.4) is 0 Å². The van der Waals surface area contributed by atoms with E-state index in [0.717, 1.165) is 22.4 Å². The Kier molecular flexibility index (Phi) is 5.82. The predicted molar refractivity (Wildman–Crippen MR) is 105 cm³/mol. The molecule has 1 heterocycles. The maximum Gasteiger partial charge on any atom is 0.224 e. The number of hydrogen-bond acceptors (Lipinski definition) is 4. The zero-order valence-corrected chi connectivity index (χ0v) is 16.3. The van der Waals surface area contributed by atoms with Gasteiger partial charge >= 0.3 is 0 Å². The summed E-state index contributed by atoms with van der Waals surface area (Å²) in [6, 6.07) is 15.6. The lowest BCUT2D eigenvalue weighted by atomic mass is 9.91. The minimum Gasteiger partial charge on any atom is -0.496 e. The van der Waals surface area contributed by atoms with Gasteiger partial charge in [-0.3, -0.25) is 4.79 Å². The Morgan fingerprint density at radius 1 is 1.11 bits per heavy atom. The minimum absolute atomic E-state index is 0.115. The fraction of sp³-hybridized carbons (Fsp3) is 0.350. The van der Waals surface area contributed by atoms with Crippen LogP contribution < -0.4 is 10.1 Å². The molecule has 1 unspecified atom stereocenters. The third kappa shape index (κ3) is 4.48. The number of benzene rings is 2. The quantitative estimate of drug-likeness (QED) is 0.849. The number of amides is 1. The molecule has 3 rings (SSSR count). The zero-order valence-electron chi connectivity index (χ0n) is 15.5. The van der Waals surface area contributed by atoms with E-state index < -0.39 is 15.9 Å². The number of methoxy groups -OCH3 is 1. The second-order valence-electron chi connectivity index (χ2n) is 6.67. The Morgan fingerprint density at radius 3 is 2.48 bits per heavy atom. The highest BCUT2D eigenvalue weighted by Crippen LogP contribution is 2.33. The van der Waals surface area contributed by atoms with E-state index in [1.807, 2.05) is 48.5 Å². The molecule has 144 valence electrons. The highest BCUT2D eigenvalue weighted by atomic mass is 32.2. The Bertz CT molecular complexity index is 927. The number of nitrogens with one attached hydrogen (secondary N) is 1. The molecule has 2 aromatic carbocycles. The molecule has 1 fully saturated rings. The molecule has 1 saturated heterocycles. The predicted octanol–water partition coefficient (Wildman–Crippen LogP) is 1.91. The van der Waals surface area contributed by atoms with Gasteiger partial charge in [0.15, 0.2) is 0 Å². The highest BCUT2D eigenvalue weighted by molar-refractivity contribution is 7.88. The van der Waals surface area contributed by atoms with Gasteiger partial charge in [0.05, 0.1) is 19.3 Å². The summed E-state index contributed by atoms with van der Waals surface area (Å²) in [5.74, 6) is 0.196. The molecule has 0 bridgehead atoms. The third-order valence-corrected chi connectivity index (χ3v) is 6.07. The number of carbonyl (C=O) groups is 1. The van der Waals surface area contributed by atoms with E-state index in [0.29, 0.717) is 19.5 Å². The van der Waals surface area contributed by atoms with E-state index in [2.05, 4.69) is 5.32 Å². The van der Waals surface area contributed by atoms with Gasteiger partial charge in [0.25, 0.3) is 0 Å². The molecule has 1 amide bonds. The van der Waals surface area contributed by atoms with Gasteiger partial charge in [0.1, 0.15) is 5.75 Å². The van der Waals surface area contributed by atoms with Crippen molar-refractivity contribution in [1.29, 1.82) is 0 Å². The van der Waals surface area contributed by atoms with E-state index in [9.17, 15) is 13.2 Å². The fourth-order valence-corrected chi connectivity index (χ4v) is 4.29. The first-order valence-corrected chi connectivity index (χ1v) is 10.7. The summed E-state index contributed by atoms with van der Waals surface area (Å²) in [4.78, 5) is 12.5. The third-order valence-electron chi connectivity index (χ3n) is 4.81. The van der Waals surface area contributed by atoms with E-state index in [4.69, 9.17) is 4.74 Å². The van der Waals surface area contributed by atoms with Crippen molar-refractivity contribution in [2.24, 2.45) is 5.92 Å². The SMILES string of the molecule is COc1ccccc1-c1ccccc1CC1CN(S(C)(=O)=O)CCNC1=O. The number of para-hydroxylation sites is 1. The second-order valence-corrected chi connectivity index (χ2v) is 8.65. The van der Waals surface area contributed by atoms with Gasteiger partial charge in [-0.25, -0.2) is 8.42 Å². The monoisotopic (exact) mass is 388 g/mol. The van der Waals surface area contributed by atoms with Crippen molar-refractivity contribution in [2.45, 2.75) is 6.42 Å². The van der Waals surface area contributed by atoms with Crippen LogP contribution in [0.2, 0.25) is 0 Å². The maximum absolute atomic E-state index is 12.5. The van der Waals surface area contributed by atoms with Crippen LogP contribution in [0, 0.1) is 5.92 Å². The molecule has 1 aliphatic rings. The average molecular weight is 388 g/mol. The van der Waals surface area contributed by atoms with E-state index in [-0.39, 0.29) is 12.5 Å². The standard InChI is InChI=1S/C20H24N2O4S/c1-26-19-10-6-5-9-18(19)17-8-4-3-7-15(17)13-16-14-22(27(2,24)25)12-11-21-20(16)23/h3-10,16H,11-14H2,1-2H3,(H,21,23). The maximum atomic E-state index is 12.5. The smallest absolute Gasteiger partial charge is 0.224 e. The number of carbonyl (C=O) groups excluding carboxylic acids is 1. The van der Waals surface area contributed by atoms with E-state index >= 15 is 0 Å². The minimum atomic E-state index is -3.35. The van der Waals surface area contributed by atoms with Gasteiger partial charge in [-0.05, 0) is 23.6 Å². The van der Waals surface area contributed by atoms with Crippen LogP contribution in [0.4, 0.5) is 0 Å². The summed E-state index contributed by atoms with van der Waals surface area (Å²) in [5, 5.41) is 2.83. The first-order valence-electron chi connectivity index (χ1n) is 8.84. The van der Waals surface area contributed by atoms with Gasteiger partial charge in [0.2, 0.25) is 15.9 Å². The lowest BCUT2D eigenvalue weighted by Crippen LogP contribution is -2.36. The van der Waals surface area contributed by atoms with Crippen molar-refractivity contribution < 1.29 is 17.9 Å². The molecule has 0 aliphatic carbocycles. The van der Waals surface area contributed by atoms with Crippen LogP contribution in [-0.4, -0.2) is 51.6 Å². The fourth-order valence-electron chi connectivity index (χ4n) is 3.42. The lowest BCUT2D eigenvalue weighted by molar-refractivity contribution is -0.124. The highest BCUT2D eigenvalue weighted by Gasteiger charge is 2.30. The van der Waals surface area contributed by atoms with Crippen LogP contribution in [0.25, 0.3) is 11.1 Å². The van der Waals surface area contributed by atoms with Crippen molar-refractivity contribution in [3.8, 4) is 16.9 Å². The molecule has 1 N–H and O–H groups in total. The first kappa shape index (κ1) is 19.4. The first-order chi connectivity index (χ1) is 12.9. The van der Waals surface area contributed by atoms with Gasteiger partial charge in [0, 0.05) is 25.2 Å². The Balaban J connectivity index is 1.94. The van der Waals surface area contributed by atoms with Crippen molar-refractivity contribution in [3.05, 3.63) is 54.1 Å². The summed E-state index contributed by atoms with van der Waals surface area (Å²) >= 11 is 0. The van der Waals surface area contributed by atoms with Crippen molar-refractivity contribution >= 4 is 15.9 Å². The number of sulfonamides is 1. The molecular weight excluding hydrogens is 364 g/mol. The summed E-state index contributed by atoms with van der Waals surface area (Å²) in [5.41, 5.74) is 2.92. The normalized spacial score (nSPS) is 18.6. The molecule has 0 radical (unpaired) electrons. The molecule has 1 aliphatic heterocycles. The summed E-state index contributed by atoms with van der Waals surface area (Å²) < 4.78 is 30.8. The number of nitrogens with zero attached hydrogens (tertiary/aromatic N) is 1. The number of rotatable bonds is 5. The van der Waals surface area contributed by atoms with Crippen molar-refractivity contribution in [2.75, 3.05) is 33.0 Å². The molecule has 6 nitrogen and oxygen atoms in total. The van der Waals surface area contributed by atoms with Gasteiger partial charge < -0.3 is 10.1 Å². The van der Waals surface area contributed by atoms with Crippen LogP contribution >= 0.6 is 0 Å². The Labute approximate surface area is 160 Å². The number of hydrogen-bond donors (Lipinski definition) is 1. The van der Waals surface area contributed by atoms with E-state index in [1.54, 1.807) is 7.11 Å². The molecule has 0 spiro atoms. The molecule has 2 aromatic rings. The molecule has 0 saturated carbocycles. The van der Waals surface area contributed by atoms with Crippen molar-refractivity contribution in [1.82, 2.24) is 9.62 Å². The van der Waals surface area contributed by atoms with Crippen LogP contribution in [0.5, 0.6) is 5.75 Å². The van der Waals surface area contributed by atoms with Crippen molar-refractivity contribution in [3.63, 3.8) is 0 Å². The molecule has 27 heavy (non-hydrogen) atoms. The van der Waals surface area contributed by atoms with Gasteiger partial charge in [-0.2, -0.15) is 4.31 Å². The topological polar surface area (TPSA) is 75.7 Å². The summed E-state index contributed by atoms with van der Waals surface area (Å²) in [7, 11) is -1.72. The van der Waals surface area contributed by atoms with Crippen LogP contribution in [0.15, 0.2) is 48.5 Å². The van der Waals surface area contributed by atoms with Gasteiger partial charge in [-0.15, -0.1) is 0 Å². The lowest BCUT2D eigenvalue weighted by Gasteiger charge is -2.22. The average Bonchev–Trinajstić information content (AvgIpc) is 2.84. The van der Waals surface area contributed by atoms with Crippen LogP contribution in [-0.2, 0) is 21.2 Å². The van der Waals surface area contributed by atoms with E-state index in [1.165, 1.54) is 10.6 Å². The molecule has 1 atom stereocenters. The zero-order chi connectivity index (χ0) is 19.4. The number of ether oxygens (including phenoxy) is 1. The largest absolute Gasteiger partial charge is 0.496 e. The Morgan fingerprint density at radius 2 is 1.78 bits per heavy atom. The Hall–Kier alpha value is -2.38. The summed E-state index contributed by atoms with van der Waals surface area (Å²) in [6.07, 6.45) is 1.63. The van der Waals surface area contributed by atoms with Gasteiger partial charge in [-0.1, -0.05) is 42.5 Å². The van der Waals surface area contributed by atoms with Crippen LogP contribution in [0.1, 0.15) is 5.56 Å². The molecule has 0 aromatic heterocycles.